The summed E-state index contributed by atoms with van der Waals surface area (Å²) in [6, 6.07) is 17.6. The van der Waals surface area contributed by atoms with Gasteiger partial charge in [-0.05, 0) is 49.2 Å². The summed E-state index contributed by atoms with van der Waals surface area (Å²) in [6.45, 7) is 3.92. The summed E-state index contributed by atoms with van der Waals surface area (Å²) in [4.78, 5) is 8.36. The number of hydrogen-bond acceptors (Lipinski definition) is 4. The zero-order chi connectivity index (χ0) is 16.9. The van der Waals surface area contributed by atoms with Crippen LogP contribution >= 0.6 is 0 Å². The third-order valence-electron chi connectivity index (χ3n) is 3.77. The molecule has 1 heterocycles. The van der Waals surface area contributed by atoms with Gasteiger partial charge in [0.15, 0.2) is 0 Å². The van der Waals surface area contributed by atoms with Gasteiger partial charge in [-0.1, -0.05) is 36.4 Å². The fourth-order valence-corrected chi connectivity index (χ4v) is 2.61. The lowest BCUT2D eigenvalue weighted by atomic mass is 9.97. The van der Waals surface area contributed by atoms with E-state index in [1.54, 1.807) is 0 Å². The van der Waals surface area contributed by atoms with Crippen LogP contribution in [0.15, 0.2) is 67.0 Å². The van der Waals surface area contributed by atoms with Crippen molar-refractivity contribution in [3.63, 3.8) is 0 Å². The molecule has 0 aliphatic heterocycles. The van der Waals surface area contributed by atoms with Gasteiger partial charge in [0.2, 0.25) is 0 Å². The predicted molar refractivity (Wildman–Crippen MR) is 96.9 cm³/mol. The molecule has 4 heteroatoms. The van der Waals surface area contributed by atoms with Crippen LogP contribution in [0.2, 0.25) is 0 Å². The summed E-state index contributed by atoms with van der Waals surface area (Å²) in [5, 5.41) is 0. The number of anilines is 1. The lowest BCUT2D eigenvalue weighted by Gasteiger charge is -2.13. The minimum atomic E-state index is 0.486. The van der Waals surface area contributed by atoms with Gasteiger partial charge in [0.25, 0.3) is 0 Å². The van der Waals surface area contributed by atoms with Gasteiger partial charge in [0, 0.05) is 5.56 Å². The van der Waals surface area contributed by atoms with Crippen molar-refractivity contribution in [3.05, 3.63) is 83.8 Å². The Balaban J connectivity index is 1.89. The maximum Gasteiger partial charge on any atom is 0.134 e. The average molecular weight is 317 g/mol. The summed E-state index contributed by atoms with van der Waals surface area (Å²) in [6.07, 6.45) is 3.51. The van der Waals surface area contributed by atoms with E-state index in [9.17, 15) is 0 Å². The topological polar surface area (TPSA) is 61.0 Å². The van der Waals surface area contributed by atoms with Gasteiger partial charge in [0.05, 0.1) is 5.69 Å². The first-order valence-corrected chi connectivity index (χ1v) is 7.76. The molecule has 0 amide bonds. The molecule has 2 N–H and O–H groups in total. The Labute approximate surface area is 141 Å². The Morgan fingerprint density at radius 2 is 1.62 bits per heavy atom. The molecular weight excluding hydrogens is 298 g/mol. The normalized spacial score (nSPS) is 11.3. The van der Waals surface area contributed by atoms with E-state index in [4.69, 9.17) is 10.5 Å². The highest BCUT2D eigenvalue weighted by Crippen LogP contribution is 2.30. The van der Waals surface area contributed by atoms with Crippen LogP contribution in [0.1, 0.15) is 23.7 Å². The summed E-state index contributed by atoms with van der Waals surface area (Å²) >= 11 is 0. The molecule has 0 atom stereocenters. The van der Waals surface area contributed by atoms with E-state index in [0.717, 1.165) is 33.9 Å². The van der Waals surface area contributed by atoms with Crippen LogP contribution in [0.3, 0.4) is 0 Å². The van der Waals surface area contributed by atoms with Crippen LogP contribution in [0, 0.1) is 6.92 Å². The zero-order valence-electron chi connectivity index (χ0n) is 13.7. The fourth-order valence-electron chi connectivity index (χ4n) is 2.61. The van der Waals surface area contributed by atoms with Crippen LogP contribution in [0.25, 0.3) is 5.57 Å². The summed E-state index contributed by atoms with van der Waals surface area (Å²) in [7, 11) is 0. The molecule has 24 heavy (non-hydrogen) atoms. The molecule has 0 bridgehead atoms. The summed E-state index contributed by atoms with van der Waals surface area (Å²) in [5.41, 5.74) is 9.84. The van der Waals surface area contributed by atoms with Crippen LogP contribution in [-0.2, 0) is 0 Å². The molecular formula is C20H19N3O. The lowest BCUT2D eigenvalue weighted by molar-refractivity contribution is 0.482. The summed E-state index contributed by atoms with van der Waals surface area (Å²) < 4.78 is 5.83. The highest BCUT2D eigenvalue weighted by molar-refractivity contribution is 5.85. The largest absolute Gasteiger partial charge is 0.457 e. The maximum absolute atomic E-state index is 6.05. The van der Waals surface area contributed by atoms with Crippen LogP contribution in [-0.4, -0.2) is 9.97 Å². The molecule has 0 spiro atoms. The molecule has 0 radical (unpaired) electrons. The lowest BCUT2D eigenvalue weighted by Crippen LogP contribution is -2.02. The molecule has 0 fully saturated rings. The van der Waals surface area contributed by atoms with E-state index in [0.29, 0.717) is 5.82 Å². The number of rotatable bonds is 4. The van der Waals surface area contributed by atoms with Gasteiger partial charge >= 0.3 is 0 Å². The number of allylic oxidation sites excluding steroid dienone is 1. The molecule has 3 rings (SSSR count). The summed E-state index contributed by atoms with van der Waals surface area (Å²) in [5.74, 6) is 2.09. The number of nitrogens with two attached hydrogens (primary N) is 1. The highest BCUT2D eigenvalue weighted by atomic mass is 16.5. The smallest absolute Gasteiger partial charge is 0.134 e. The van der Waals surface area contributed by atoms with Crippen molar-refractivity contribution in [3.8, 4) is 11.5 Å². The second kappa shape index (κ2) is 6.96. The Kier molecular flexibility index (Phi) is 4.57. The van der Waals surface area contributed by atoms with Crippen LogP contribution in [0.4, 0.5) is 5.82 Å². The second-order valence-corrected chi connectivity index (χ2v) is 5.36. The van der Waals surface area contributed by atoms with Gasteiger partial charge in [-0.25, -0.2) is 9.97 Å². The van der Waals surface area contributed by atoms with Gasteiger partial charge in [-0.3, -0.25) is 0 Å². The van der Waals surface area contributed by atoms with Gasteiger partial charge in [-0.2, -0.15) is 0 Å². The third-order valence-corrected chi connectivity index (χ3v) is 3.77. The number of hydrogen-bond donors (Lipinski definition) is 1. The van der Waals surface area contributed by atoms with E-state index in [2.05, 4.69) is 9.97 Å². The van der Waals surface area contributed by atoms with Crippen molar-refractivity contribution in [1.29, 1.82) is 0 Å². The maximum atomic E-state index is 6.05. The van der Waals surface area contributed by atoms with E-state index in [-0.39, 0.29) is 0 Å². The van der Waals surface area contributed by atoms with E-state index in [1.807, 2.05) is 74.5 Å². The first-order chi connectivity index (χ1) is 11.7. The third kappa shape index (κ3) is 3.27. The van der Waals surface area contributed by atoms with Crippen molar-refractivity contribution >= 4 is 11.4 Å². The minimum Gasteiger partial charge on any atom is -0.457 e. The molecule has 3 aromatic rings. The Hall–Kier alpha value is -3.14. The first kappa shape index (κ1) is 15.7. The molecule has 0 saturated heterocycles. The van der Waals surface area contributed by atoms with Gasteiger partial charge < -0.3 is 10.5 Å². The molecule has 0 unspecified atom stereocenters. The quantitative estimate of drug-likeness (QED) is 0.763. The monoisotopic (exact) mass is 317 g/mol. The molecule has 2 aromatic carbocycles. The minimum absolute atomic E-state index is 0.486. The Morgan fingerprint density at radius 1 is 0.958 bits per heavy atom. The van der Waals surface area contributed by atoms with E-state index < -0.39 is 0 Å². The number of ether oxygens (including phenoxy) is 1. The average Bonchev–Trinajstić information content (AvgIpc) is 2.60. The molecule has 120 valence electrons. The highest BCUT2D eigenvalue weighted by Gasteiger charge is 2.12. The molecule has 1 aromatic heterocycles. The Bertz CT molecular complexity index is 836. The number of aryl methyl sites for hydroxylation is 1. The van der Waals surface area contributed by atoms with E-state index in [1.165, 1.54) is 6.33 Å². The van der Waals surface area contributed by atoms with Gasteiger partial charge in [-0.15, -0.1) is 0 Å². The molecule has 4 nitrogen and oxygen atoms in total. The number of nitrogens with zero attached hydrogens (tertiary/aromatic N) is 2. The number of nitrogen functional groups attached to an aromatic ring is 1. The van der Waals surface area contributed by atoms with Crippen molar-refractivity contribution in [1.82, 2.24) is 9.97 Å². The van der Waals surface area contributed by atoms with Crippen molar-refractivity contribution in [2.24, 2.45) is 0 Å². The number of benzene rings is 2. The van der Waals surface area contributed by atoms with E-state index >= 15 is 0 Å². The van der Waals surface area contributed by atoms with Crippen molar-refractivity contribution in [2.75, 3.05) is 5.73 Å². The van der Waals surface area contributed by atoms with Crippen LogP contribution in [0.5, 0.6) is 11.5 Å². The van der Waals surface area contributed by atoms with Crippen molar-refractivity contribution < 1.29 is 4.74 Å². The SMILES string of the molecule is C/C=C(/c1ccc(Oc2ccccc2)cc1)c1c(C)ncnc1N. The van der Waals surface area contributed by atoms with Gasteiger partial charge in [0.1, 0.15) is 23.6 Å². The predicted octanol–water partition coefficient (Wildman–Crippen LogP) is 4.61. The second-order valence-electron chi connectivity index (χ2n) is 5.36. The number of para-hydroxylation sites is 1. The molecule has 0 aliphatic rings. The zero-order valence-corrected chi connectivity index (χ0v) is 13.7. The molecule has 0 aliphatic carbocycles. The van der Waals surface area contributed by atoms with Crippen molar-refractivity contribution in [2.45, 2.75) is 13.8 Å². The molecule has 0 saturated carbocycles. The van der Waals surface area contributed by atoms with Crippen LogP contribution < -0.4 is 10.5 Å². The standard InChI is InChI=1S/C20H19N3O/c1-3-18(19-14(2)22-13-23-20(19)21)15-9-11-17(12-10-15)24-16-7-5-4-6-8-16/h3-13H,1-2H3,(H2,21,22,23)/b18-3-. The fraction of sp³-hybridized carbons (Fsp3) is 0.100. The Morgan fingerprint density at radius 3 is 2.25 bits per heavy atom. The number of aromatic nitrogens is 2. The first-order valence-electron chi connectivity index (χ1n) is 7.76.